The number of ether oxygens (including phenoxy) is 1. The van der Waals surface area contributed by atoms with Crippen molar-refractivity contribution in [2.45, 2.75) is 146 Å². The number of ketones is 2. The summed E-state index contributed by atoms with van der Waals surface area (Å²) in [6.07, 6.45) is 12.6. The molecule has 52 heavy (non-hydrogen) atoms. The number of aliphatic hydroxyl groups is 1. The average Bonchev–Trinajstić information content (AvgIpc) is 3.41. The first-order chi connectivity index (χ1) is 24.4. The molecule has 0 heterocycles. The zero-order valence-electron chi connectivity index (χ0n) is 35.3. The zero-order valence-corrected chi connectivity index (χ0v) is 35.3. The normalized spacial score (nSPS) is 33.8. The van der Waals surface area contributed by atoms with E-state index in [4.69, 9.17) is 15.6 Å². The molecule has 9 unspecified atom stereocenters. The second-order valence-electron chi connectivity index (χ2n) is 17.7. The Morgan fingerprint density at radius 2 is 1.63 bits per heavy atom. The largest absolute Gasteiger partial charge is 0.462 e. The second kappa shape index (κ2) is 19.3. The molecular formula is C44H76N2O6. The minimum Gasteiger partial charge on any atom is -0.462 e. The number of nitrogens with zero attached hydrogens (tertiary/aromatic N) is 1. The number of rotatable bonds is 9. The molecule has 0 amide bonds. The van der Waals surface area contributed by atoms with Crippen molar-refractivity contribution in [3.63, 3.8) is 0 Å². The Morgan fingerprint density at radius 3 is 2.15 bits per heavy atom. The lowest BCUT2D eigenvalue weighted by Crippen LogP contribution is -2.56. The van der Waals surface area contributed by atoms with Crippen molar-refractivity contribution < 1.29 is 29.0 Å². The summed E-state index contributed by atoms with van der Waals surface area (Å²) in [5, 5.41) is 7.00. The zero-order chi connectivity index (χ0) is 39.8. The van der Waals surface area contributed by atoms with E-state index in [9.17, 15) is 19.2 Å². The van der Waals surface area contributed by atoms with Crippen LogP contribution in [-0.4, -0.2) is 67.7 Å². The molecule has 0 bridgehead atoms. The molecule has 8 nitrogen and oxygen atoms in total. The Balaban J connectivity index is 0.000000839. The number of allylic oxidation sites excluding steroid dienone is 3. The minimum atomic E-state index is -0.695. The van der Waals surface area contributed by atoms with Crippen LogP contribution in [0.2, 0.25) is 0 Å². The molecule has 4 saturated carbocycles. The fourth-order valence-corrected chi connectivity index (χ4v) is 11.3. The number of hydrogen-bond acceptors (Lipinski definition) is 8. The lowest BCUT2D eigenvalue weighted by atomic mass is 9.42. The molecule has 5 aliphatic carbocycles. The van der Waals surface area contributed by atoms with E-state index in [2.05, 4.69) is 53.6 Å². The van der Waals surface area contributed by atoms with Crippen molar-refractivity contribution in [3.8, 4) is 0 Å². The minimum absolute atomic E-state index is 0.0494. The summed E-state index contributed by atoms with van der Waals surface area (Å²) < 4.78 is 6.03. The van der Waals surface area contributed by atoms with Gasteiger partial charge in [-0.1, -0.05) is 62.3 Å². The molecule has 0 aromatic heterocycles. The van der Waals surface area contributed by atoms with Crippen LogP contribution in [0.25, 0.3) is 0 Å². The SMILES string of the molecule is CC.CC(=O)/C=C(\N)C12CCC3C(CCC4C3CCC3C(C)C(OC(=O)CC(C)(C)C=O)CCC34C)C1=C(C(C)C)C(=O)C2.CCCN(C)C.CO. The third-order valence-corrected chi connectivity index (χ3v) is 13.3. The number of carbonyl (C=O) groups is 4. The number of Topliss-reactive ketones (excluding diaryl/α,β-unsaturated/α-hetero) is 1. The fraction of sp³-hybridized carbons (Fsp3) is 0.818. The summed E-state index contributed by atoms with van der Waals surface area (Å²) in [5.41, 5.74) is 8.64. The Labute approximate surface area is 317 Å². The van der Waals surface area contributed by atoms with Crippen LogP contribution in [0.3, 0.4) is 0 Å². The number of carbonyl (C=O) groups excluding carboxylic acids is 4. The van der Waals surface area contributed by atoms with Crippen LogP contribution < -0.4 is 5.73 Å². The van der Waals surface area contributed by atoms with Gasteiger partial charge in [0, 0.05) is 36.1 Å². The monoisotopic (exact) mass is 729 g/mol. The van der Waals surface area contributed by atoms with Crippen molar-refractivity contribution in [1.82, 2.24) is 4.90 Å². The van der Waals surface area contributed by atoms with Gasteiger partial charge in [-0.15, -0.1) is 0 Å². The summed E-state index contributed by atoms with van der Waals surface area (Å²) >= 11 is 0. The standard InChI is InChI=1S/C36H53NO5.C5H13N.C2H6.CH4O/c1-20(2)32-28(40)17-36(30(37)16-21(3)39)15-12-23-24-8-10-26-22(4)29(42-31(41)18-34(5,6)19-38)13-14-35(26,7)27(24)11-9-25(23)33(32)36;1-4-5-6(2)3;2*1-2/h16,19-20,22-27,29H,8-15,17-18,37H2,1-7H3;4-5H2,1-3H3;1-2H3;2H,1H3/b30-16-;;;. The first kappa shape index (κ1) is 45.8. The molecule has 8 heteroatoms. The van der Waals surface area contributed by atoms with Crippen LogP contribution in [0.1, 0.15) is 140 Å². The molecule has 0 aromatic carbocycles. The quantitative estimate of drug-likeness (QED) is 0.138. The molecule has 9 atom stereocenters. The molecular weight excluding hydrogens is 652 g/mol. The van der Waals surface area contributed by atoms with Gasteiger partial charge in [-0.2, -0.15) is 0 Å². The maximum Gasteiger partial charge on any atom is 0.307 e. The van der Waals surface area contributed by atoms with Crippen molar-refractivity contribution in [2.24, 2.45) is 63.4 Å². The van der Waals surface area contributed by atoms with E-state index in [1.165, 1.54) is 25.0 Å². The van der Waals surface area contributed by atoms with E-state index in [1.807, 2.05) is 13.8 Å². The molecule has 298 valence electrons. The van der Waals surface area contributed by atoms with Crippen LogP contribution in [-0.2, 0) is 23.9 Å². The highest BCUT2D eigenvalue weighted by atomic mass is 16.5. The van der Waals surface area contributed by atoms with E-state index in [0.717, 1.165) is 63.9 Å². The van der Waals surface area contributed by atoms with Gasteiger partial charge in [-0.05, 0) is 143 Å². The third-order valence-electron chi connectivity index (χ3n) is 13.3. The van der Waals surface area contributed by atoms with Crippen LogP contribution in [0, 0.1) is 57.7 Å². The van der Waals surface area contributed by atoms with E-state index in [0.29, 0.717) is 47.6 Å². The van der Waals surface area contributed by atoms with Gasteiger partial charge in [-0.25, -0.2) is 0 Å². The van der Waals surface area contributed by atoms with Gasteiger partial charge in [0.2, 0.25) is 0 Å². The van der Waals surface area contributed by atoms with Crippen LogP contribution in [0.4, 0.5) is 0 Å². The summed E-state index contributed by atoms with van der Waals surface area (Å²) in [5.74, 6) is 3.04. The van der Waals surface area contributed by atoms with Crippen molar-refractivity contribution in [2.75, 3.05) is 27.7 Å². The number of nitrogens with two attached hydrogens (primary N) is 1. The van der Waals surface area contributed by atoms with Gasteiger partial charge in [0.25, 0.3) is 0 Å². The molecule has 4 fully saturated rings. The average molecular weight is 729 g/mol. The van der Waals surface area contributed by atoms with Gasteiger partial charge in [0.1, 0.15) is 12.4 Å². The highest BCUT2D eigenvalue weighted by Crippen LogP contribution is 2.68. The molecule has 0 aromatic rings. The summed E-state index contributed by atoms with van der Waals surface area (Å²) in [6, 6.07) is 0. The second-order valence-corrected chi connectivity index (χ2v) is 17.7. The van der Waals surface area contributed by atoms with E-state index in [1.54, 1.807) is 26.8 Å². The van der Waals surface area contributed by atoms with Crippen LogP contribution in [0.5, 0.6) is 0 Å². The first-order valence-corrected chi connectivity index (χ1v) is 20.4. The summed E-state index contributed by atoms with van der Waals surface area (Å²) in [6.45, 7) is 21.6. The van der Waals surface area contributed by atoms with Crippen molar-refractivity contribution >= 4 is 23.8 Å². The predicted molar refractivity (Wildman–Crippen MR) is 211 cm³/mol. The fourth-order valence-electron chi connectivity index (χ4n) is 11.3. The maximum absolute atomic E-state index is 13.5. The topological polar surface area (TPSA) is 127 Å². The molecule has 5 aliphatic rings. The van der Waals surface area contributed by atoms with Crippen LogP contribution >= 0.6 is 0 Å². The van der Waals surface area contributed by atoms with Crippen LogP contribution in [0.15, 0.2) is 22.9 Å². The number of aldehydes is 1. The molecule has 3 N–H and O–H groups in total. The highest BCUT2D eigenvalue weighted by Gasteiger charge is 2.61. The molecule has 0 radical (unpaired) electrons. The predicted octanol–water partition coefficient (Wildman–Crippen LogP) is 8.35. The van der Waals surface area contributed by atoms with E-state index in [-0.39, 0.29) is 41.4 Å². The molecule has 0 saturated heterocycles. The third kappa shape index (κ3) is 9.67. The number of esters is 1. The van der Waals surface area contributed by atoms with Gasteiger partial charge < -0.3 is 25.3 Å². The number of hydrogen-bond donors (Lipinski definition) is 2. The van der Waals surface area contributed by atoms with Crippen molar-refractivity contribution in [3.05, 3.63) is 22.9 Å². The smallest absolute Gasteiger partial charge is 0.307 e. The van der Waals surface area contributed by atoms with Gasteiger partial charge in [0.15, 0.2) is 11.6 Å². The maximum atomic E-state index is 13.5. The molecule has 0 spiro atoms. The summed E-state index contributed by atoms with van der Waals surface area (Å²) in [4.78, 5) is 51.9. The number of aliphatic hydroxyl groups excluding tert-OH is 1. The molecule has 0 aliphatic heterocycles. The Bertz CT molecular complexity index is 1300. The van der Waals surface area contributed by atoms with Gasteiger partial charge >= 0.3 is 5.97 Å². The van der Waals surface area contributed by atoms with E-state index >= 15 is 0 Å². The Kier molecular flexibility index (Phi) is 17.0. The lowest BCUT2D eigenvalue weighted by Gasteiger charge is -2.62. The first-order valence-electron chi connectivity index (χ1n) is 20.4. The Hall–Kier alpha value is -2.32. The van der Waals surface area contributed by atoms with Gasteiger partial charge in [0.05, 0.1) is 6.42 Å². The number of fused-ring (bicyclic) bond motifs is 7. The van der Waals surface area contributed by atoms with Crippen molar-refractivity contribution in [1.29, 1.82) is 0 Å². The summed E-state index contributed by atoms with van der Waals surface area (Å²) in [7, 11) is 5.17. The highest BCUT2D eigenvalue weighted by molar-refractivity contribution is 6.01. The lowest BCUT2D eigenvalue weighted by molar-refractivity contribution is -0.173. The molecule has 5 rings (SSSR count). The van der Waals surface area contributed by atoms with Gasteiger partial charge in [-0.3, -0.25) is 14.4 Å². The van der Waals surface area contributed by atoms with E-state index < -0.39 is 10.8 Å². The Morgan fingerprint density at radius 1 is 1.02 bits per heavy atom.